The van der Waals surface area contributed by atoms with Gasteiger partial charge in [0, 0.05) is 16.8 Å². The normalized spacial score (nSPS) is 18.0. The number of carbonyl (C=O) groups excluding carboxylic acids is 2. The van der Waals surface area contributed by atoms with Gasteiger partial charge in [-0.25, -0.2) is 4.79 Å². The van der Waals surface area contributed by atoms with Crippen molar-refractivity contribution < 1.29 is 19.1 Å². The number of allylic oxidation sites excluding steroid dienone is 1. The molecular weight excluding hydrogens is 386 g/mol. The molecule has 0 saturated carbocycles. The zero-order chi connectivity index (χ0) is 20.7. The average Bonchev–Trinajstić information content (AvgIpc) is 3.20. The van der Waals surface area contributed by atoms with Crippen molar-refractivity contribution in [2.24, 2.45) is 0 Å². The van der Waals surface area contributed by atoms with E-state index < -0.39 is 6.04 Å². The number of amides is 3. The number of hydrogen-bond donors (Lipinski definition) is 4. The third kappa shape index (κ3) is 3.20. The molecule has 0 radical (unpaired) electrons. The first-order valence-electron chi connectivity index (χ1n) is 9.51. The van der Waals surface area contributed by atoms with Crippen LogP contribution in [0.15, 0.2) is 53.9 Å². The van der Waals surface area contributed by atoms with E-state index in [1.54, 1.807) is 31.3 Å². The van der Waals surface area contributed by atoms with Gasteiger partial charge in [-0.2, -0.15) is 5.10 Å². The first-order chi connectivity index (χ1) is 14.6. The molecule has 1 atom stereocenters. The number of fused-ring (bicyclic) bond motifs is 2. The lowest BCUT2D eigenvalue weighted by atomic mass is 9.94. The summed E-state index contributed by atoms with van der Waals surface area (Å²) in [6, 6.07) is 9.87. The Morgan fingerprint density at radius 2 is 1.97 bits per heavy atom. The average molecular weight is 405 g/mol. The summed E-state index contributed by atoms with van der Waals surface area (Å²) in [7, 11) is 0. The molecule has 3 amide bonds. The van der Waals surface area contributed by atoms with Crippen LogP contribution in [0.4, 0.5) is 10.5 Å². The largest absolute Gasteiger partial charge is 0.486 e. The molecular formula is C21H19N5O4. The molecule has 0 spiro atoms. The van der Waals surface area contributed by atoms with Gasteiger partial charge in [0.15, 0.2) is 11.5 Å². The lowest BCUT2D eigenvalue weighted by molar-refractivity contribution is -0.113. The number of aromatic nitrogens is 2. The Kier molecular flexibility index (Phi) is 4.27. The van der Waals surface area contributed by atoms with E-state index in [0.717, 1.165) is 16.5 Å². The Labute approximate surface area is 171 Å². The molecule has 30 heavy (non-hydrogen) atoms. The SMILES string of the molecule is CC1=C(C(=O)Nc2ccc3[nH]ncc3c2)C(c2ccc3c(c2)OCCO3)NC(=O)N1. The summed E-state index contributed by atoms with van der Waals surface area (Å²) in [4.78, 5) is 25.3. The molecule has 4 N–H and O–H groups in total. The van der Waals surface area contributed by atoms with Gasteiger partial charge in [-0.1, -0.05) is 6.07 Å². The van der Waals surface area contributed by atoms with Gasteiger partial charge in [-0.3, -0.25) is 9.89 Å². The summed E-state index contributed by atoms with van der Waals surface area (Å²) in [5.41, 5.74) is 3.14. The zero-order valence-electron chi connectivity index (χ0n) is 16.1. The second-order valence-corrected chi connectivity index (χ2v) is 7.10. The van der Waals surface area contributed by atoms with Gasteiger partial charge in [-0.15, -0.1) is 0 Å². The third-order valence-electron chi connectivity index (χ3n) is 5.11. The van der Waals surface area contributed by atoms with Crippen LogP contribution >= 0.6 is 0 Å². The predicted molar refractivity (Wildman–Crippen MR) is 109 cm³/mol. The van der Waals surface area contributed by atoms with Crippen molar-refractivity contribution in [3.63, 3.8) is 0 Å². The van der Waals surface area contributed by atoms with Gasteiger partial charge in [0.05, 0.1) is 23.3 Å². The predicted octanol–water partition coefficient (Wildman–Crippen LogP) is 2.60. The standard InChI is InChI=1S/C21H19N5O4/c1-11-18(20(27)24-14-3-4-15-13(8-14)10-22-26-15)19(25-21(28)23-11)12-2-5-16-17(9-12)30-7-6-29-16/h2-5,8-10,19H,6-7H2,1H3,(H,22,26)(H,24,27)(H2,23,25,28). The van der Waals surface area contributed by atoms with Crippen molar-refractivity contribution in [1.29, 1.82) is 0 Å². The number of H-pyrrole nitrogens is 1. The maximum atomic E-state index is 13.2. The number of hydrogen-bond acceptors (Lipinski definition) is 5. The monoisotopic (exact) mass is 405 g/mol. The molecule has 1 unspecified atom stereocenters. The highest BCUT2D eigenvalue weighted by Gasteiger charge is 2.32. The minimum atomic E-state index is -0.632. The number of nitrogens with zero attached hydrogens (tertiary/aromatic N) is 1. The number of aromatic amines is 1. The molecule has 3 aromatic rings. The molecule has 5 rings (SSSR count). The number of nitrogens with one attached hydrogen (secondary N) is 4. The van der Waals surface area contributed by atoms with Crippen LogP contribution in [-0.2, 0) is 4.79 Å². The van der Waals surface area contributed by atoms with E-state index in [4.69, 9.17) is 9.47 Å². The van der Waals surface area contributed by atoms with Crippen LogP contribution in [-0.4, -0.2) is 35.3 Å². The van der Waals surface area contributed by atoms with Gasteiger partial charge in [0.2, 0.25) is 0 Å². The second-order valence-electron chi connectivity index (χ2n) is 7.10. The summed E-state index contributed by atoms with van der Waals surface area (Å²) < 4.78 is 11.2. The summed E-state index contributed by atoms with van der Waals surface area (Å²) in [5, 5.41) is 16.2. The molecule has 3 heterocycles. The molecule has 0 fully saturated rings. The Morgan fingerprint density at radius 3 is 2.83 bits per heavy atom. The van der Waals surface area contributed by atoms with Crippen LogP contribution in [0.1, 0.15) is 18.5 Å². The molecule has 1 aromatic heterocycles. The van der Waals surface area contributed by atoms with E-state index in [1.807, 2.05) is 18.2 Å². The number of rotatable bonds is 3. The van der Waals surface area contributed by atoms with E-state index in [2.05, 4.69) is 26.1 Å². The first-order valence-corrected chi connectivity index (χ1v) is 9.51. The molecule has 9 nitrogen and oxygen atoms in total. The number of urea groups is 1. The van der Waals surface area contributed by atoms with E-state index in [9.17, 15) is 9.59 Å². The summed E-state index contributed by atoms with van der Waals surface area (Å²) in [6.45, 7) is 2.65. The van der Waals surface area contributed by atoms with Crippen molar-refractivity contribution in [3.05, 3.63) is 59.4 Å². The van der Waals surface area contributed by atoms with Crippen LogP contribution in [0.3, 0.4) is 0 Å². The van der Waals surface area contributed by atoms with E-state index in [1.165, 1.54) is 0 Å². The maximum Gasteiger partial charge on any atom is 0.319 e. The lowest BCUT2D eigenvalue weighted by Crippen LogP contribution is -2.46. The van der Waals surface area contributed by atoms with Gasteiger partial charge in [0.1, 0.15) is 13.2 Å². The highest BCUT2D eigenvalue weighted by molar-refractivity contribution is 6.07. The number of benzene rings is 2. The van der Waals surface area contributed by atoms with Gasteiger partial charge in [0.25, 0.3) is 5.91 Å². The molecule has 0 bridgehead atoms. The number of anilines is 1. The van der Waals surface area contributed by atoms with E-state index in [0.29, 0.717) is 41.7 Å². The van der Waals surface area contributed by atoms with Crippen molar-refractivity contribution in [3.8, 4) is 11.5 Å². The molecule has 2 aromatic carbocycles. The molecule has 2 aliphatic heterocycles. The molecule has 0 aliphatic carbocycles. The lowest BCUT2D eigenvalue weighted by Gasteiger charge is -2.29. The van der Waals surface area contributed by atoms with Crippen LogP contribution in [0.25, 0.3) is 10.9 Å². The van der Waals surface area contributed by atoms with Crippen molar-refractivity contribution in [1.82, 2.24) is 20.8 Å². The smallest absolute Gasteiger partial charge is 0.319 e. The fourth-order valence-electron chi connectivity index (χ4n) is 3.70. The topological polar surface area (TPSA) is 117 Å². The third-order valence-corrected chi connectivity index (χ3v) is 5.11. The van der Waals surface area contributed by atoms with Crippen LogP contribution in [0.5, 0.6) is 11.5 Å². The molecule has 152 valence electrons. The highest BCUT2D eigenvalue weighted by Crippen LogP contribution is 2.36. The first kappa shape index (κ1) is 18.0. The molecule has 9 heteroatoms. The Balaban J connectivity index is 1.48. The van der Waals surface area contributed by atoms with E-state index >= 15 is 0 Å². The van der Waals surface area contributed by atoms with Gasteiger partial charge in [-0.05, 0) is 42.8 Å². The number of carbonyl (C=O) groups is 2. The van der Waals surface area contributed by atoms with Crippen molar-refractivity contribution in [2.45, 2.75) is 13.0 Å². The Morgan fingerprint density at radius 1 is 1.13 bits per heavy atom. The summed E-state index contributed by atoms with van der Waals surface area (Å²) in [5.74, 6) is 0.919. The van der Waals surface area contributed by atoms with Gasteiger partial charge >= 0.3 is 6.03 Å². The van der Waals surface area contributed by atoms with Crippen LogP contribution < -0.4 is 25.4 Å². The number of ether oxygens (including phenoxy) is 2. The van der Waals surface area contributed by atoms with Crippen LogP contribution in [0.2, 0.25) is 0 Å². The maximum absolute atomic E-state index is 13.2. The molecule has 2 aliphatic rings. The molecule has 0 saturated heterocycles. The quantitative estimate of drug-likeness (QED) is 0.534. The summed E-state index contributed by atoms with van der Waals surface area (Å²) >= 11 is 0. The van der Waals surface area contributed by atoms with Crippen molar-refractivity contribution >= 4 is 28.5 Å². The van der Waals surface area contributed by atoms with Crippen LogP contribution in [0, 0.1) is 0 Å². The fourth-order valence-corrected chi connectivity index (χ4v) is 3.70. The summed E-state index contributed by atoms with van der Waals surface area (Å²) in [6.07, 6.45) is 1.69. The highest BCUT2D eigenvalue weighted by atomic mass is 16.6. The minimum Gasteiger partial charge on any atom is -0.486 e. The second kappa shape index (κ2) is 7.11. The zero-order valence-corrected chi connectivity index (χ0v) is 16.1. The minimum absolute atomic E-state index is 0.317. The fraction of sp³-hybridized carbons (Fsp3) is 0.190. The van der Waals surface area contributed by atoms with Crippen molar-refractivity contribution in [2.75, 3.05) is 18.5 Å². The Hall–Kier alpha value is -4.01. The van der Waals surface area contributed by atoms with Gasteiger partial charge < -0.3 is 25.4 Å². The Bertz CT molecular complexity index is 1200. The van der Waals surface area contributed by atoms with E-state index in [-0.39, 0.29) is 11.9 Å².